The molecule has 2 nitrogen and oxygen atoms in total. The molecule has 0 aliphatic rings. The summed E-state index contributed by atoms with van der Waals surface area (Å²) < 4.78 is 5.76. The molecule has 90 valence electrons. The molecule has 1 aromatic carbocycles. The van der Waals surface area contributed by atoms with Crippen LogP contribution in [0.1, 0.15) is 45.3 Å². The Morgan fingerprint density at radius 3 is 2.38 bits per heavy atom. The molecule has 0 aliphatic carbocycles. The number of benzene rings is 1. The van der Waals surface area contributed by atoms with Gasteiger partial charge in [-0.2, -0.15) is 0 Å². The van der Waals surface area contributed by atoms with Crippen LogP contribution in [0.25, 0.3) is 0 Å². The van der Waals surface area contributed by atoms with E-state index in [9.17, 15) is 5.11 Å². The molecule has 3 heteroatoms. The van der Waals surface area contributed by atoms with Gasteiger partial charge in [-0.1, -0.05) is 31.5 Å². The van der Waals surface area contributed by atoms with Crippen LogP contribution in [0.15, 0.2) is 18.2 Å². The summed E-state index contributed by atoms with van der Waals surface area (Å²) in [6.07, 6.45) is 1.63. The van der Waals surface area contributed by atoms with E-state index in [0.717, 1.165) is 18.4 Å². The van der Waals surface area contributed by atoms with Gasteiger partial charge in [0, 0.05) is 0 Å². The number of rotatable bonds is 5. The molecule has 1 N–H and O–H groups in total. The lowest BCUT2D eigenvalue weighted by Gasteiger charge is -2.17. The summed E-state index contributed by atoms with van der Waals surface area (Å²) in [5, 5.41) is 9.97. The largest absolute Gasteiger partial charge is 0.489 e. The van der Waals surface area contributed by atoms with Crippen molar-refractivity contribution in [2.24, 2.45) is 0 Å². The summed E-state index contributed by atoms with van der Waals surface area (Å²) in [5.41, 5.74) is 0.807. The van der Waals surface area contributed by atoms with E-state index in [-0.39, 0.29) is 6.10 Å². The van der Waals surface area contributed by atoms with Gasteiger partial charge in [-0.05, 0) is 37.5 Å². The van der Waals surface area contributed by atoms with Crippen LogP contribution in [0.2, 0.25) is 5.02 Å². The number of aliphatic hydroxyl groups is 1. The van der Waals surface area contributed by atoms with Crippen molar-refractivity contribution in [1.82, 2.24) is 0 Å². The Bertz CT molecular complexity index is 333. The molecule has 16 heavy (non-hydrogen) atoms. The fourth-order valence-electron chi connectivity index (χ4n) is 1.51. The number of hydrogen-bond donors (Lipinski definition) is 1. The highest BCUT2D eigenvalue weighted by atomic mass is 35.5. The molecular formula is C13H19ClO2. The molecule has 0 radical (unpaired) electrons. The molecule has 0 fully saturated rings. The highest BCUT2D eigenvalue weighted by Gasteiger charge is 2.10. The second-order valence-corrected chi connectivity index (χ2v) is 4.33. The maximum absolute atomic E-state index is 9.41. The Hall–Kier alpha value is -0.730. The van der Waals surface area contributed by atoms with Crippen molar-refractivity contribution in [2.75, 3.05) is 0 Å². The third-order valence-electron chi connectivity index (χ3n) is 2.64. The smallest absolute Gasteiger partial charge is 0.138 e. The van der Waals surface area contributed by atoms with Gasteiger partial charge in [0.05, 0.1) is 17.2 Å². The Morgan fingerprint density at radius 1 is 1.31 bits per heavy atom. The highest BCUT2D eigenvalue weighted by Crippen LogP contribution is 2.29. The van der Waals surface area contributed by atoms with E-state index in [0.29, 0.717) is 10.8 Å². The van der Waals surface area contributed by atoms with Gasteiger partial charge >= 0.3 is 0 Å². The molecule has 0 amide bonds. The Labute approximate surface area is 102 Å². The van der Waals surface area contributed by atoms with E-state index in [4.69, 9.17) is 16.3 Å². The van der Waals surface area contributed by atoms with E-state index in [1.165, 1.54) is 0 Å². The molecule has 0 heterocycles. The minimum atomic E-state index is -0.500. The molecule has 0 aromatic heterocycles. The number of ether oxygens (including phenoxy) is 1. The molecule has 0 bridgehead atoms. The van der Waals surface area contributed by atoms with E-state index in [2.05, 4.69) is 13.8 Å². The molecule has 1 aromatic rings. The molecule has 1 atom stereocenters. The monoisotopic (exact) mass is 242 g/mol. The van der Waals surface area contributed by atoms with Crippen LogP contribution in [-0.2, 0) is 0 Å². The van der Waals surface area contributed by atoms with Crippen LogP contribution >= 0.6 is 11.6 Å². The minimum Gasteiger partial charge on any atom is -0.489 e. The SMILES string of the molecule is CCC(CC)Oc1ccc([C@@H](C)O)cc1Cl. The van der Waals surface area contributed by atoms with E-state index in [1.807, 2.05) is 12.1 Å². The first-order chi connectivity index (χ1) is 7.58. The van der Waals surface area contributed by atoms with Gasteiger partial charge in [0.15, 0.2) is 0 Å². The second-order valence-electron chi connectivity index (χ2n) is 3.92. The fraction of sp³-hybridized carbons (Fsp3) is 0.538. The first-order valence-electron chi connectivity index (χ1n) is 5.72. The van der Waals surface area contributed by atoms with Crippen molar-refractivity contribution in [3.8, 4) is 5.75 Å². The quantitative estimate of drug-likeness (QED) is 0.847. The zero-order valence-corrected chi connectivity index (χ0v) is 10.8. The van der Waals surface area contributed by atoms with Crippen molar-refractivity contribution < 1.29 is 9.84 Å². The van der Waals surface area contributed by atoms with Crippen LogP contribution in [0, 0.1) is 0 Å². The van der Waals surface area contributed by atoms with Gasteiger partial charge in [0.2, 0.25) is 0 Å². The maximum Gasteiger partial charge on any atom is 0.138 e. The predicted molar refractivity (Wildman–Crippen MR) is 67.1 cm³/mol. The molecule has 0 spiro atoms. The summed E-state index contributed by atoms with van der Waals surface area (Å²) in [6, 6.07) is 5.42. The Morgan fingerprint density at radius 2 is 1.94 bits per heavy atom. The fourth-order valence-corrected chi connectivity index (χ4v) is 1.74. The summed E-state index contributed by atoms with van der Waals surface area (Å²) in [4.78, 5) is 0. The van der Waals surface area contributed by atoms with Crippen molar-refractivity contribution in [2.45, 2.75) is 45.8 Å². The number of halogens is 1. The third-order valence-corrected chi connectivity index (χ3v) is 2.94. The number of aliphatic hydroxyl groups excluding tert-OH is 1. The van der Waals surface area contributed by atoms with Gasteiger partial charge in [-0.15, -0.1) is 0 Å². The Balaban J connectivity index is 2.82. The summed E-state index contributed by atoms with van der Waals surface area (Å²) in [6.45, 7) is 5.89. The van der Waals surface area contributed by atoms with Gasteiger partial charge in [-0.25, -0.2) is 0 Å². The van der Waals surface area contributed by atoms with Crippen LogP contribution < -0.4 is 4.74 Å². The lowest BCUT2D eigenvalue weighted by Crippen LogP contribution is -2.13. The standard InChI is InChI=1S/C13H19ClO2/c1-4-11(5-2)16-13-7-6-10(9(3)15)8-12(13)14/h6-9,11,15H,4-5H2,1-3H3/t9-/m1/s1. The topological polar surface area (TPSA) is 29.5 Å². The van der Waals surface area contributed by atoms with E-state index in [1.54, 1.807) is 13.0 Å². The average Bonchev–Trinajstić information content (AvgIpc) is 2.27. The van der Waals surface area contributed by atoms with Crippen LogP contribution in [0.4, 0.5) is 0 Å². The molecule has 1 rings (SSSR count). The first kappa shape index (κ1) is 13.3. The summed E-state index contributed by atoms with van der Waals surface area (Å²) in [5.74, 6) is 0.694. The van der Waals surface area contributed by atoms with E-state index < -0.39 is 6.10 Å². The minimum absolute atomic E-state index is 0.204. The van der Waals surface area contributed by atoms with Gasteiger partial charge in [-0.3, -0.25) is 0 Å². The van der Waals surface area contributed by atoms with Crippen molar-refractivity contribution in [3.63, 3.8) is 0 Å². The molecule has 0 saturated heterocycles. The van der Waals surface area contributed by atoms with Crippen molar-refractivity contribution in [3.05, 3.63) is 28.8 Å². The third kappa shape index (κ3) is 3.39. The lowest BCUT2D eigenvalue weighted by molar-refractivity contribution is 0.191. The highest BCUT2D eigenvalue weighted by molar-refractivity contribution is 6.32. The van der Waals surface area contributed by atoms with E-state index >= 15 is 0 Å². The molecular weight excluding hydrogens is 224 g/mol. The normalized spacial score (nSPS) is 12.9. The number of hydrogen-bond acceptors (Lipinski definition) is 2. The summed E-state index contributed by atoms with van der Waals surface area (Å²) in [7, 11) is 0. The summed E-state index contributed by atoms with van der Waals surface area (Å²) >= 11 is 6.10. The van der Waals surface area contributed by atoms with Crippen LogP contribution in [0.5, 0.6) is 5.75 Å². The van der Waals surface area contributed by atoms with Crippen molar-refractivity contribution >= 4 is 11.6 Å². The molecule has 0 unspecified atom stereocenters. The lowest BCUT2D eigenvalue weighted by atomic mass is 10.1. The molecule has 0 saturated carbocycles. The van der Waals surface area contributed by atoms with Crippen LogP contribution in [-0.4, -0.2) is 11.2 Å². The molecule has 0 aliphatic heterocycles. The zero-order valence-electron chi connectivity index (χ0n) is 10.0. The second kappa shape index (κ2) is 6.12. The zero-order chi connectivity index (χ0) is 12.1. The van der Waals surface area contributed by atoms with Gasteiger partial charge < -0.3 is 9.84 Å². The van der Waals surface area contributed by atoms with Gasteiger partial charge in [0.25, 0.3) is 0 Å². The Kier molecular flexibility index (Phi) is 5.10. The van der Waals surface area contributed by atoms with Crippen molar-refractivity contribution in [1.29, 1.82) is 0 Å². The van der Waals surface area contributed by atoms with Crippen LogP contribution in [0.3, 0.4) is 0 Å². The average molecular weight is 243 g/mol. The maximum atomic E-state index is 9.41. The van der Waals surface area contributed by atoms with Gasteiger partial charge in [0.1, 0.15) is 5.75 Å². The predicted octanol–water partition coefficient (Wildman–Crippen LogP) is 3.96. The first-order valence-corrected chi connectivity index (χ1v) is 6.10.